The molecule has 0 saturated carbocycles. The topological polar surface area (TPSA) is 224 Å². The second kappa shape index (κ2) is 10.2. The summed E-state index contributed by atoms with van der Waals surface area (Å²) in [5.74, 6) is -21.8. The molecule has 0 aliphatic heterocycles. The van der Waals surface area contributed by atoms with Crippen molar-refractivity contribution in [3.8, 4) is 0 Å². The molecule has 12 nitrogen and oxygen atoms in total. The minimum atomic E-state index is -2.26. The van der Waals surface area contributed by atoms with Crippen LogP contribution in [-0.4, -0.2) is 66.5 Å². The van der Waals surface area contributed by atoms with Crippen LogP contribution in [0.3, 0.4) is 0 Å². The molecule has 0 saturated heterocycles. The van der Waals surface area contributed by atoms with Crippen LogP contribution in [0.25, 0.3) is 0 Å². The quantitative estimate of drug-likeness (QED) is 0.222. The Balaban J connectivity index is 6.30. The molecule has 158 valence electrons. The Morgan fingerprint density at radius 2 is 0.929 bits per heavy atom. The van der Waals surface area contributed by atoms with Crippen molar-refractivity contribution in [3.63, 3.8) is 0 Å². The second-order valence-electron chi connectivity index (χ2n) is 6.39. The highest BCUT2D eigenvalue weighted by Gasteiger charge is 2.47. The average Bonchev–Trinajstić information content (AvgIpc) is 2.50. The van der Waals surface area contributed by atoms with E-state index in [4.69, 9.17) is 20.4 Å². The molecule has 0 aromatic rings. The number of carbonyl (C=O) groups is 6. The van der Waals surface area contributed by atoms with E-state index in [1.807, 2.05) is 0 Å². The van der Waals surface area contributed by atoms with Crippen LogP contribution in [0.15, 0.2) is 0 Å². The first-order valence-corrected chi connectivity index (χ1v) is 8.14. The van der Waals surface area contributed by atoms with Crippen LogP contribution >= 0.6 is 0 Å². The van der Waals surface area contributed by atoms with E-state index in [-0.39, 0.29) is 6.42 Å². The smallest absolute Gasteiger partial charge is 0.318 e. The highest BCUT2D eigenvalue weighted by atomic mass is 16.4. The van der Waals surface area contributed by atoms with E-state index < -0.39 is 77.7 Å². The summed E-state index contributed by atoms with van der Waals surface area (Å²) in [6.07, 6.45) is -0.732. The van der Waals surface area contributed by atoms with Crippen LogP contribution in [0.1, 0.15) is 26.7 Å². The summed E-state index contributed by atoms with van der Waals surface area (Å²) in [4.78, 5) is 68.0. The molecule has 0 amide bonds. The highest BCUT2D eigenvalue weighted by Crippen LogP contribution is 2.37. The summed E-state index contributed by atoms with van der Waals surface area (Å²) in [7, 11) is 0. The first-order valence-electron chi connectivity index (χ1n) is 8.14. The van der Waals surface area contributed by atoms with E-state index in [1.54, 1.807) is 0 Å². The lowest BCUT2D eigenvalue weighted by atomic mass is 9.69. The maximum atomic E-state index is 11.4. The normalized spacial score (nSPS) is 14.5. The van der Waals surface area contributed by atoms with E-state index in [0.717, 1.165) is 6.92 Å². The fourth-order valence-electron chi connectivity index (χ4n) is 3.33. The molecular weight excluding hydrogens is 384 g/mol. The van der Waals surface area contributed by atoms with Gasteiger partial charge in [0.15, 0.2) is 17.8 Å². The van der Waals surface area contributed by atoms with Crippen molar-refractivity contribution in [3.05, 3.63) is 0 Å². The molecule has 0 aromatic heterocycles. The lowest BCUT2D eigenvalue weighted by Gasteiger charge is -2.33. The standard InChI is InChI=1S/C16H22O12/c1-3-6(9(13(21)22)14(23)24)4-7(10(15(25)26)16(27)28)5(2)8(11(17)18)12(19)20/h5-10H,3-4H2,1-2H3,(H,17,18)(H,19,20)(H,21,22)(H,23,24)(H,25,26)(H,27,28). The van der Waals surface area contributed by atoms with Crippen LogP contribution in [-0.2, 0) is 28.8 Å². The lowest BCUT2D eigenvalue weighted by Crippen LogP contribution is -2.43. The SMILES string of the molecule is CCC(CC(C(C(=O)O)C(=O)O)C(C)C(C(=O)O)C(=O)O)C(C(=O)O)C(=O)O. The summed E-state index contributed by atoms with van der Waals surface area (Å²) in [5.41, 5.74) is 0. The molecular formula is C16H22O12. The molecule has 0 aliphatic carbocycles. The van der Waals surface area contributed by atoms with Crippen molar-refractivity contribution in [1.29, 1.82) is 0 Å². The second-order valence-corrected chi connectivity index (χ2v) is 6.39. The van der Waals surface area contributed by atoms with Gasteiger partial charge in [0.05, 0.1) is 0 Å². The Kier molecular flexibility index (Phi) is 9.07. The van der Waals surface area contributed by atoms with Crippen molar-refractivity contribution < 1.29 is 59.4 Å². The van der Waals surface area contributed by atoms with Gasteiger partial charge in [0.1, 0.15) is 0 Å². The van der Waals surface area contributed by atoms with Gasteiger partial charge >= 0.3 is 35.8 Å². The molecule has 0 spiro atoms. The minimum absolute atomic E-state index is 0.108. The monoisotopic (exact) mass is 406 g/mol. The number of aliphatic carboxylic acids is 6. The van der Waals surface area contributed by atoms with Gasteiger partial charge in [0.25, 0.3) is 0 Å². The van der Waals surface area contributed by atoms with Gasteiger partial charge in [-0.2, -0.15) is 0 Å². The summed E-state index contributed by atoms with van der Waals surface area (Å²) >= 11 is 0. The Labute approximate surface area is 158 Å². The van der Waals surface area contributed by atoms with Gasteiger partial charge < -0.3 is 30.6 Å². The van der Waals surface area contributed by atoms with E-state index in [1.165, 1.54) is 6.92 Å². The third-order valence-corrected chi connectivity index (χ3v) is 4.80. The van der Waals surface area contributed by atoms with Crippen LogP contribution in [0.4, 0.5) is 0 Å². The Morgan fingerprint density at radius 1 is 0.607 bits per heavy atom. The third-order valence-electron chi connectivity index (χ3n) is 4.80. The van der Waals surface area contributed by atoms with E-state index in [0.29, 0.717) is 0 Å². The van der Waals surface area contributed by atoms with Crippen molar-refractivity contribution in [2.45, 2.75) is 26.7 Å². The van der Waals surface area contributed by atoms with Gasteiger partial charge in [0, 0.05) is 0 Å². The summed E-state index contributed by atoms with van der Waals surface area (Å²) in [6.45, 7) is 2.42. The molecule has 3 atom stereocenters. The van der Waals surface area contributed by atoms with E-state index in [9.17, 15) is 39.0 Å². The van der Waals surface area contributed by atoms with Gasteiger partial charge in [0.2, 0.25) is 0 Å². The van der Waals surface area contributed by atoms with Crippen molar-refractivity contribution in [2.24, 2.45) is 35.5 Å². The molecule has 0 fully saturated rings. The predicted octanol–water partition coefficient (Wildman–Crippen LogP) is 0.0112. The van der Waals surface area contributed by atoms with E-state index >= 15 is 0 Å². The summed E-state index contributed by atoms with van der Waals surface area (Å²) < 4.78 is 0. The number of rotatable bonds is 13. The summed E-state index contributed by atoms with van der Waals surface area (Å²) in [6, 6.07) is 0. The Morgan fingerprint density at radius 3 is 1.18 bits per heavy atom. The molecule has 0 bridgehead atoms. The molecule has 28 heavy (non-hydrogen) atoms. The zero-order chi connectivity index (χ0) is 22.3. The fourth-order valence-corrected chi connectivity index (χ4v) is 3.33. The molecule has 0 rings (SSSR count). The fraction of sp³-hybridized carbons (Fsp3) is 0.625. The van der Waals surface area contributed by atoms with Crippen molar-refractivity contribution >= 4 is 35.8 Å². The van der Waals surface area contributed by atoms with Gasteiger partial charge in [-0.25, -0.2) is 0 Å². The maximum absolute atomic E-state index is 11.4. The number of carboxylic acid groups (broad SMARTS) is 6. The Hall–Kier alpha value is -3.18. The zero-order valence-corrected chi connectivity index (χ0v) is 15.0. The third kappa shape index (κ3) is 5.93. The highest BCUT2D eigenvalue weighted by molar-refractivity contribution is 5.95. The molecule has 0 aliphatic rings. The van der Waals surface area contributed by atoms with Crippen LogP contribution < -0.4 is 0 Å². The molecule has 0 aromatic carbocycles. The molecule has 6 N–H and O–H groups in total. The first kappa shape index (κ1) is 24.8. The van der Waals surface area contributed by atoms with Gasteiger partial charge in [-0.15, -0.1) is 0 Å². The number of hydrogen-bond donors (Lipinski definition) is 6. The lowest BCUT2D eigenvalue weighted by molar-refractivity contribution is -0.167. The maximum Gasteiger partial charge on any atom is 0.318 e. The minimum Gasteiger partial charge on any atom is -0.481 e. The Bertz CT molecular complexity index is 612. The van der Waals surface area contributed by atoms with Crippen LogP contribution in [0.2, 0.25) is 0 Å². The van der Waals surface area contributed by atoms with E-state index in [2.05, 4.69) is 0 Å². The first-order chi connectivity index (χ1) is 12.8. The van der Waals surface area contributed by atoms with Gasteiger partial charge in [-0.05, 0) is 24.2 Å². The predicted molar refractivity (Wildman–Crippen MR) is 87.3 cm³/mol. The zero-order valence-electron chi connectivity index (χ0n) is 15.0. The number of hydrogen-bond acceptors (Lipinski definition) is 6. The van der Waals surface area contributed by atoms with Gasteiger partial charge in [-0.1, -0.05) is 20.3 Å². The molecule has 0 radical (unpaired) electrons. The van der Waals surface area contributed by atoms with Crippen LogP contribution in [0, 0.1) is 35.5 Å². The molecule has 3 unspecified atom stereocenters. The molecule has 0 heterocycles. The summed E-state index contributed by atoms with van der Waals surface area (Å²) in [5, 5.41) is 55.1. The average molecular weight is 406 g/mol. The number of carboxylic acids is 6. The van der Waals surface area contributed by atoms with Crippen molar-refractivity contribution in [2.75, 3.05) is 0 Å². The largest absolute Gasteiger partial charge is 0.481 e. The van der Waals surface area contributed by atoms with Crippen LogP contribution in [0.5, 0.6) is 0 Å². The molecule has 12 heteroatoms. The van der Waals surface area contributed by atoms with Gasteiger partial charge in [-0.3, -0.25) is 28.8 Å². The van der Waals surface area contributed by atoms with Crippen molar-refractivity contribution in [1.82, 2.24) is 0 Å².